The maximum Gasteiger partial charge on any atom is 0.195 e. The normalized spacial score (nSPS) is 18.6. The summed E-state index contributed by atoms with van der Waals surface area (Å²) < 4.78 is 10.2. The lowest BCUT2D eigenvalue weighted by Gasteiger charge is -2.12. The standard InChI is InChI=1S/C14H16O4/c1-17-9-18-13-8-3-2-5-11(13)14(16)10-6-4-7-12(10)15/h2-3,5-6,8,12,15H,4,7,9H2,1H3. The Morgan fingerprint density at radius 2 is 2.22 bits per heavy atom. The molecule has 1 aromatic rings. The van der Waals surface area contributed by atoms with Gasteiger partial charge in [-0.1, -0.05) is 18.2 Å². The lowest BCUT2D eigenvalue weighted by Crippen LogP contribution is -2.15. The molecule has 0 spiro atoms. The van der Waals surface area contributed by atoms with Crippen molar-refractivity contribution in [3.05, 3.63) is 41.5 Å². The van der Waals surface area contributed by atoms with E-state index in [9.17, 15) is 9.90 Å². The van der Waals surface area contributed by atoms with E-state index in [-0.39, 0.29) is 12.6 Å². The summed E-state index contributed by atoms with van der Waals surface area (Å²) in [6.45, 7) is 0.0892. The van der Waals surface area contributed by atoms with Crippen LogP contribution in [0.5, 0.6) is 5.75 Å². The van der Waals surface area contributed by atoms with E-state index in [1.54, 1.807) is 30.3 Å². The van der Waals surface area contributed by atoms with Crippen molar-refractivity contribution >= 4 is 5.78 Å². The van der Waals surface area contributed by atoms with Crippen LogP contribution in [0.25, 0.3) is 0 Å². The van der Waals surface area contributed by atoms with Gasteiger partial charge in [0.05, 0.1) is 11.7 Å². The van der Waals surface area contributed by atoms with E-state index in [1.807, 2.05) is 0 Å². The first-order chi connectivity index (χ1) is 8.74. The molecule has 96 valence electrons. The molecule has 1 aliphatic rings. The number of methoxy groups -OCH3 is 1. The van der Waals surface area contributed by atoms with Crippen LogP contribution in [0.2, 0.25) is 0 Å². The van der Waals surface area contributed by atoms with Gasteiger partial charge in [0, 0.05) is 12.7 Å². The van der Waals surface area contributed by atoms with E-state index in [1.165, 1.54) is 7.11 Å². The summed E-state index contributed by atoms with van der Waals surface area (Å²) >= 11 is 0. The molecule has 1 N–H and O–H groups in total. The number of rotatable bonds is 5. The van der Waals surface area contributed by atoms with Gasteiger partial charge < -0.3 is 14.6 Å². The van der Waals surface area contributed by atoms with Crippen molar-refractivity contribution in [2.45, 2.75) is 18.9 Å². The van der Waals surface area contributed by atoms with E-state index in [0.29, 0.717) is 23.3 Å². The summed E-state index contributed by atoms with van der Waals surface area (Å²) in [6.07, 6.45) is 2.49. The smallest absolute Gasteiger partial charge is 0.195 e. The SMILES string of the molecule is COCOc1ccccc1C(=O)C1=CCCC1O. The van der Waals surface area contributed by atoms with Crippen molar-refractivity contribution in [2.24, 2.45) is 0 Å². The van der Waals surface area contributed by atoms with Gasteiger partial charge in [0.1, 0.15) is 5.75 Å². The Hall–Kier alpha value is -1.65. The Morgan fingerprint density at radius 3 is 2.89 bits per heavy atom. The third-order valence-electron chi connectivity index (χ3n) is 2.89. The molecule has 1 aliphatic carbocycles. The number of carbonyl (C=O) groups excluding carboxylic acids is 1. The van der Waals surface area contributed by atoms with Crippen LogP contribution in [0.15, 0.2) is 35.9 Å². The molecule has 0 fully saturated rings. The number of carbonyl (C=O) groups is 1. The molecule has 0 heterocycles. The first kappa shape index (κ1) is 12.8. The summed E-state index contributed by atoms with van der Waals surface area (Å²) in [4.78, 5) is 12.3. The van der Waals surface area contributed by atoms with Gasteiger partial charge in [-0.05, 0) is 25.0 Å². The van der Waals surface area contributed by atoms with Crippen molar-refractivity contribution in [2.75, 3.05) is 13.9 Å². The fraction of sp³-hybridized carbons (Fsp3) is 0.357. The molecule has 2 rings (SSSR count). The lowest BCUT2D eigenvalue weighted by atomic mass is 10.0. The minimum atomic E-state index is -0.659. The third kappa shape index (κ3) is 2.60. The van der Waals surface area contributed by atoms with Crippen LogP contribution in [0, 0.1) is 0 Å². The lowest BCUT2D eigenvalue weighted by molar-refractivity contribution is 0.0503. The predicted molar refractivity (Wildman–Crippen MR) is 66.6 cm³/mol. The number of Topliss-reactive ketones (excluding diaryl/α,β-unsaturated/α-hetero) is 1. The molecule has 1 aromatic carbocycles. The Bertz CT molecular complexity index is 465. The second kappa shape index (κ2) is 5.80. The number of hydrogen-bond acceptors (Lipinski definition) is 4. The highest BCUT2D eigenvalue weighted by atomic mass is 16.7. The zero-order chi connectivity index (χ0) is 13.0. The Balaban J connectivity index is 2.24. The number of ketones is 1. The first-order valence-corrected chi connectivity index (χ1v) is 5.87. The highest BCUT2D eigenvalue weighted by Crippen LogP contribution is 2.27. The highest BCUT2D eigenvalue weighted by molar-refractivity contribution is 6.11. The summed E-state index contributed by atoms with van der Waals surface area (Å²) in [5.74, 6) is 0.302. The largest absolute Gasteiger partial charge is 0.467 e. The average Bonchev–Trinajstić information content (AvgIpc) is 2.82. The van der Waals surface area contributed by atoms with Crippen LogP contribution in [0.3, 0.4) is 0 Å². The molecular formula is C14H16O4. The zero-order valence-electron chi connectivity index (χ0n) is 10.3. The van der Waals surface area contributed by atoms with Crippen LogP contribution < -0.4 is 4.74 Å². The monoisotopic (exact) mass is 248 g/mol. The minimum Gasteiger partial charge on any atom is -0.467 e. The average molecular weight is 248 g/mol. The van der Waals surface area contributed by atoms with E-state index in [0.717, 1.165) is 6.42 Å². The molecule has 0 radical (unpaired) electrons. The van der Waals surface area contributed by atoms with Gasteiger partial charge in [-0.2, -0.15) is 0 Å². The number of hydrogen-bond donors (Lipinski definition) is 1. The fourth-order valence-corrected chi connectivity index (χ4v) is 1.99. The number of allylic oxidation sites excluding steroid dienone is 1. The second-order valence-corrected chi connectivity index (χ2v) is 4.13. The van der Waals surface area contributed by atoms with Gasteiger partial charge in [-0.15, -0.1) is 0 Å². The number of aliphatic hydroxyl groups excluding tert-OH is 1. The van der Waals surface area contributed by atoms with Crippen molar-refractivity contribution in [1.29, 1.82) is 0 Å². The third-order valence-corrected chi connectivity index (χ3v) is 2.89. The number of aliphatic hydroxyl groups is 1. The van der Waals surface area contributed by atoms with Crippen molar-refractivity contribution < 1.29 is 19.4 Å². The van der Waals surface area contributed by atoms with Gasteiger partial charge in [0.25, 0.3) is 0 Å². The Morgan fingerprint density at radius 1 is 1.44 bits per heavy atom. The molecule has 0 amide bonds. The molecule has 18 heavy (non-hydrogen) atoms. The maximum atomic E-state index is 12.3. The topological polar surface area (TPSA) is 55.8 Å². The van der Waals surface area contributed by atoms with Crippen LogP contribution in [-0.2, 0) is 4.74 Å². The summed E-state index contributed by atoms with van der Waals surface area (Å²) in [7, 11) is 1.52. The van der Waals surface area contributed by atoms with Crippen molar-refractivity contribution in [3.63, 3.8) is 0 Å². The molecule has 0 aromatic heterocycles. The molecule has 1 unspecified atom stereocenters. The van der Waals surface area contributed by atoms with Crippen molar-refractivity contribution in [3.8, 4) is 5.75 Å². The molecular weight excluding hydrogens is 232 g/mol. The number of ether oxygens (including phenoxy) is 2. The number of benzene rings is 1. The molecule has 4 nitrogen and oxygen atoms in total. The molecule has 4 heteroatoms. The van der Waals surface area contributed by atoms with E-state index >= 15 is 0 Å². The minimum absolute atomic E-state index is 0.0892. The zero-order valence-corrected chi connectivity index (χ0v) is 10.3. The van der Waals surface area contributed by atoms with Gasteiger partial charge in [-0.3, -0.25) is 4.79 Å². The highest BCUT2D eigenvalue weighted by Gasteiger charge is 2.25. The van der Waals surface area contributed by atoms with E-state index < -0.39 is 6.10 Å². The van der Waals surface area contributed by atoms with Crippen LogP contribution >= 0.6 is 0 Å². The number of para-hydroxylation sites is 1. The second-order valence-electron chi connectivity index (χ2n) is 4.13. The van der Waals surface area contributed by atoms with Crippen LogP contribution in [0.4, 0.5) is 0 Å². The molecule has 0 aliphatic heterocycles. The Kier molecular flexibility index (Phi) is 4.12. The van der Waals surface area contributed by atoms with Gasteiger partial charge in [0.15, 0.2) is 12.6 Å². The van der Waals surface area contributed by atoms with Gasteiger partial charge >= 0.3 is 0 Å². The van der Waals surface area contributed by atoms with Crippen LogP contribution in [-0.4, -0.2) is 30.9 Å². The quantitative estimate of drug-likeness (QED) is 0.639. The molecule has 0 bridgehead atoms. The van der Waals surface area contributed by atoms with E-state index in [4.69, 9.17) is 9.47 Å². The summed E-state index contributed by atoms with van der Waals surface area (Å²) in [6, 6.07) is 6.98. The fourth-order valence-electron chi connectivity index (χ4n) is 1.99. The van der Waals surface area contributed by atoms with Crippen LogP contribution in [0.1, 0.15) is 23.2 Å². The maximum absolute atomic E-state index is 12.3. The predicted octanol–water partition coefficient (Wildman–Crippen LogP) is 1.93. The van der Waals surface area contributed by atoms with Gasteiger partial charge in [-0.25, -0.2) is 0 Å². The summed E-state index contributed by atoms with van der Waals surface area (Å²) in [5.41, 5.74) is 0.921. The summed E-state index contributed by atoms with van der Waals surface area (Å²) in [5, 5.41) is 9.73. The first-order valence-electron chi connectivity index (χ1n) is 5.87. The molecule has 0 saturated heterocycles. The Labute approximate surface area is 106 Å². The van der Waals surface area contributed by atoms with Crippen molar-refractivity contribution in [1.82, 2.24) is 0 Å². The molecule has 1 atom stereocenters. The van der Waals surface area contributed by atoms with Gasteiger partial charge in [0.2, 0.25) is 0 Å². The van der Waals surface area contributed by atoms with E-state index in [2.05, 4.69) is 0 Å². The molecule has 0 saturated carbocycles.